The van der Waals surface area contributed by atoms with Crippen LogP contribution in [0.4, 0.5) is 5.69 Å². The van der Waals surface area contributed by atoms with E-state index in [2.05, 4.69) is 20.8 Å². The molecule has 0 atom stereocenters. The average Bonchev–Trinajstić information content (AvgIpc) is 3.00. The number of ether oxygens (including phenoxy) is 1. The second kappa shape index (κ2) is 6.69. The molecule has 1 aromatic heterocycles. The molecule has 7 nitrogen and oxygen atoms in total. The molecule has 0 saturated carbocycles. The Hall–Kier alpha value is -3.22. The molecule has 7 heteroatoms. The molecule has 0 aliphatic rings. The molecular formula is C16H15N5O2. The Balaban J connectivity index is 2.00. The summed E-state index contributed by atoms with van der Waals surface area (Å²) in [7, 11) is 0. The average molecular weight is 309 g/mol. The molecule has 0 radical (unpaired) electrons. The summed E-state index contributed by atoms with van der Waals surface area (Å²) in [6.45, 7) is 1.98. The summed E-state index contributed by atoms with van der Waals surface area (Å²) >= 11 is 0. The van der Waals surface area contributed by atoms with Crippen molar-refractivity contribution >= 4 is 28.5 Å². The second-order valence-electron chi connectivity index (χ2n) is 4.62. The van der Waals surface area contributed by atoms with E-state index in [9.17, 15) is 4.79 Å². The summed E-state index contributed by atoms with van der Waals surface area (Å²) in [5.41, 5.74) is 4.93. The minimum atomic E-state index is -0.577. The van der Waals surface area contributed by atoms with Gasteiger partial charge in [-0.15, -0.1) is 10.2 Å². The SMILES string of the molecule is CCOC(=O)/C(=N\Nc1ccccc1)n1nnc2ccccc21. The van der Waals surface area contributed by atoms with Gasteiger partial charge in [0, 0.05) is 0 Å². The highest BCUT2D eigenvalue weighted by molar-refractivity contribution is 6.37. The molecule has 3 aromatic rings. The van der Waals surface area contributed by atoms with Crippen LogP contribution in [-0.4, -0.2) is 33.4 Å². The number of rotatable bonds is 3. The third-order valence-corrected chi connectivity index (χ3v) is 3.08. The van der Waals surface area contributed by atoms with Gasteiger partial charge < -0.3 is 4.74 Å². The summed E-state index contributed by atoms with van der Waals surface area (Å²) in [6.07, 6.45) is 0. The summed E-state index contributed by atoms with van der Waals surface area (Å²) in [5.74, 6) is -0.559. The number of nitrogens with one attached hydrogen (secondary N) is 1. The monoisotopic (exact) mass is 309 g/mol. The third-order valence-electron chi connectivity index (χ3n) is 3.08. The van der Waals surface area contributed by atoms with Crippen molar-refractivity contribution in [2.45, 2.75) is 6.92 Å². The predicted molar refractivity (Wildman–Crippen MR) is 87.1 cm³/mol. The number of fused-ring (bicyclic) bond motifs is 1. The number of hydrogen-bond donors (Lipinski definition) is 1. The van der Waals surface area contributed by atoms with Crippen LogP contribution in [0.1, 0.15) is 6.92 Å². The molecule has 2 aromatic carbocycles. The van der Waals surface area contributed by atoms with E-state index in [1.165, 1.54) is 4.68 Å². The van der Waals surface area contributed by atoms with Crippen molar-refractivity contribution in [1.29, 1.82) is 0 Å². The Morgan fingerprint density at radius 1 is 1.17 bits per heavy atom. The number of para-hydroxylation sites is 2. The molecule has 0 aliphatic carbocycles. The lowest BCUT2D eigenvalue weighted by Crippen LogP contribution is -2.27. The Kier molecular flexibility index (Phi) is 4.28. The van der Waals surface area contributed by atoms with Crippen molar-refractivity contribution < 1.29 is 9.53 Å². The number of nitrogens with zero attached hydrogens (tertiary/aromatic N) is 4. The fourth-order valence-electron chi connectivity index (χ4n) is 2.03. The Morgan fingerprint density at radius 2 is 1.91 bits per heavy atom. The first-order chi connectivity index (χ1) is 11.3. The normalized spacial score (nSPS) is 11.4. The van der Waals surface area contributed by atoms with Crippen LogP contribution in [0, 0.1) is 0 Å². The van der Waals surface area contributed by atoms with Gasteiger partial charge in [0.2, 0.25) is 0 Å². The van der Waals surface area contributed by atoms with Gasteiger partial charge in [0.05, 0.1) is 17.8 Å². The molecule has 1 heterocycles. The lowest BCUT2D eigenvalue weighted by molar-refractivity contribution is -0.135. The Morgan fingerprint density at radius 3 is 2.70 bits per heavy atom. The zero-order chi connectivity index (χ0) is 16.1. The molecule has 0 saturated heterocycles. The first-order valence-corrected chi connectivity index (χ1v) is 7.16. The highest BCUT2D eigenvalue weighted by Gasteiger charge is 2.19. The van der Waals surface area contributed by atoms with Gasteiger partial charge in [-0.25, -0.2) is 4.79 Å². The van der Waals surface area contributed by atoms with E-state index >= 15 is 0 Å². The fraction of sp³-hybridized carbons (Fsp3) is 0.125. The van der Waals surface area contributed by atoms with E-state index in [1.807, 2.05) is 54.6 Å². The van der Waals surface area contributed by atoms with Crippen LogP contribution in [0.2, 0.25) is 0 Å². The number of hydrogen-bond acceptors (Lipinski definition) is 6. The number of carbonyl (C=O) groups is 1. The van der Waals surface area contributed by atoms with Crippen LogP contribution >= 0.6 is 0 Å². The maximum atomic E-state index is 12.2. The van der Waals surface area contributed by atoms with Crippen LogP contribution in [0.15, 0.2) is 59.7 Å². The number of hydrazone groups is 1. The van der Waals surface area contributed by atoms with Crippen molar-refractivity contribution in [3.05, 3.63) is 54.6 Å². The standard InChI is InChI=1S/C16H15N5O2/c1-2-23-16(22)15(19-17-12-8-4-3-5-9-12)21-14-11-7-6-10-13(14)18-20-21/h3-11,17H,2H2,1H3/b19-15+. The van der Waals surface area contributed by atoms with Gasteiger partial charge >= 0.3 is 5.97 Å². The number of benzene rings is 2. The van der Waals surface area contributed by atoms with Gasteiger partial charge in [0.25, 0.3) is 5.84 Å². The smallest absolute Gasteiger partial charge is 0.378 e. The molecule has 0 unspecified atom stereocenters. The maximum Gasteiger partial charge on any atom is 0.378 e. The van der Waals surface area contributed by atoms with Crippen LogP contribution in [-0.2, 0) is 9.53 Å². The summed E-state index contributed by atoms with van der Waals surface area (Å²) in [4.78, 5) is 12.2. The molecular weight excluding hydrogens is 294 g/mol. The van der Waals surface area contributed by atoms with Gasteiger partial charge in [0.15, 0.2) is 0 Å². The highest BCUT2D eigenvalue weighted by Crippen LogP contribution is 2.11. The molecule has 3 rings (SSSR count). The first-order valence-electron chi connectivity index (χ1n) is 7.16. The van der Waals surface area contributed by atoms with Gasteiger partial charge in [0.1, 0.15) is 5.52 Å². The molecule has 116 valence electrons. The number of esters is 1. The topological polar surface area (TPSA) is 81.4 Å². The van der Waals surface area contributed by atoms with E-state index in [1.54, 1.807) is 6.92 Å². The lowest BCUT2D eigenvalue weighted by Gasteiger charge is -2.07. The molecule has 0 bridgehead atoms. The maximum absolute atomic E-state index is 12.2. The highest BCUT2D eigenvalue weighted by atomic mass is 16.5. The zero-order valence-corrected chi connectivity index (χ0v) is 12.5. The van der Waals surface area contributed by atoms with E-state index < -0.39 is 5.97 Å². The van der Waals surface area contributed by atoms with Crippen LogP contribution in [0.25, 0.3) is 11.0 Å². The lowest BCUT2D eigenvalue weighted by atomic mass is 10.3. The van der Waals surface area contributed by atoms with E-state index in [-0.39, 0.29) is 12.4 Å². The van der Waals surface area contributed by atoms with Crippen LogP contribution in [0.5, 0.6) is 0 Å². The Bertz CT molecular complexity index is 842. The largest absolute Gasteiger partial charge is 0.460 e. The van der Waals surface area contributed by atoms with Crippen LogP contribution < -0.4 is 5.43 Å². The molecule has 23 heavy (non-hydrogen) atoms. The van der Waals surface area contributed by atoms with Crippen LogP contribution in [0.3, 0.4) is 0 Å². The van der Waals surface area contributed by atoms with Crippen molar-refractivity contribution in [2.24, 2.45) is 5.10 Å². The third kappa shape index (κ3) is 3.18. The molecule has 0 spiro atoms. The summed E-state index contributed by atoms with van der Waals surface area (Å²) in [5, 5.41) is 12.2. The number of aromatic nitrogens is 3. The van der Waals surface area contributed by atoms with Gasteiger partial charge in [-0.2, -0.15) is 4.68 Å². The van der Waals surface area contributed by atoms with Crippen molar-refractivity contribution in [2.75, 3.05) is 12.0 Å². The first kappa shape index (κ1) is 14.7. The summed E-state index contributed by atoms with van der Waals surface area (Å²) in [6, 6.07) is 16.6. The second-order valence-corrected chi connectivity index (χ2v) is 4.62. The molecule has 0 amide bonds. The zero-order valence-electron chi connectivity index (χ0n) is 12.5. The summed E-state index contributed by atoms with van der Waals surface area (Å²) < 4.78 is 6.43. The molecule has 0 aliphatic heterocycles. The number of carbonyl (C=O) groups excluding carboxylic acids is 1. The predicted octanol–water partition coefficient (Wildman–Crippen LogP) is 2.27. The number of anilines is 1. The van der Waals surface area contributed by atoms with Gasteiger partial charge in [-0.1, -0.05) is 35.5 Å². The van der Waals surface area contributed by atoms with Crippen molar-refractivity contribution in [3.63, 3.8) is 0 Å². The van der Waals surface area contributed by atoms with Gasteiger partial charge in [-0.3, -0.25) is 5.43 Å². The van der Waals surface area contributed by atoms with Gasteiger partial charge in [-0.05, 0) is 31.2 Å². The molecule has 0 fully saturated rings. The van der Waals surface area contributed by atoms with Crippen molar-refractivity contribution in [3.8, 4) is 0 Å². The quantitative estimate of drug-likeness (QED) is 0.347. The van der Waals surface area contributed by atoms with E-state index in [0.29, 0.717) is 11.0 Å². The Labute approximate surface area is 132 Å². The van der Waals surface area contributed by atoms with E-state index in [0.717, 1.165) is 5.69 Å². The molecule has 1 N–H and O–H groups in total. The minimum absolute atomic E-state index is 0.0180. The van der Waals surface area contributed by atoms with E-state index in [4.69, 9.17) is 4.74 Å². The minimum Gasteiger partial charge on any atom is -0.460 e. The fourth-order valence-corrected chi connectivity index (χ4v) is 2.03. The van der Waals surface area contributed by atoms with Crippen molar-refractivity contribution in [1.82, 2.24) is 15.0 Å².